The summed E-state index contributed by atoms with van der Waals surface area (Å²) in [6.07, 6.45) is 6.94. The number of aromatic nitrogens is 1. The molecule has 1 aromatic heterocycles. The highest BCUT2D eigenvalue weighted by Gasteiger charge is 2.45. The van der Waals surface area contributed by atoms with Crippen molar-refractivity contribution in [1.82, 2.24) is 19.7 Å². The number of hydrogen-bond acceptors (Lipinski definition) is 5. The minimum absolute atomic E-state index is 0.177. The Labute approximate surface area is 156 Å². The quantitative estimate of drug-likeness (QED) is 0.851. The summed E-state index contributed by atoms with van der Waals surface area (Å²) in [5.41, 5.74) is 1.50. The number of hydrogen-bond donors (Lipinski definition) is 1. The van der Waals surface area contributed by atoms with E-state index in [1.807, 2.05) is 36.3 Å². The van der Waals surface area contributed by atoms with E-state index < -0.39 is 0 Å². The SMILES string of the molecule is CN(C)CC(=O)N1CCC2(CCN(Cc3ccncc3)CC2)C(CO)C1. The zero-order valence-corrected chi connectivity index (χ0v) is 16.1. The Morgan fingerprint density at radius 1 is 1.23 bits per heavy atom. The van der Waals surface area contributed by atoms with E-state index in [2.05, 4.69) is 22.0 Å². The predicted octanol–water partition coefficient (Wildman–Crippen LogP) is 1.07. The molecule has 6 heteroatoms. The molecule has 2 fully saturated rings. The van der Waals surface area contributed by atoms with Gasteiger partial charge in [0.05, 0.1) is 6.54 Å². The van der Waals surface area contributed by atoms with Crippen LogP contribution in [-0.4, -0.2) is 84.1 Å². The molecule has 1 amide bonds. The summed E-state index contributed by atoms with van der Waals surface area (Å²) in [7, 11) is 3.84. The van der Waals surface area contributed by atoms with Crippen molar-refractivity contribution in [1.29, 1.82) is 0 Å². The number of pyridine rings is 1. The third kappa shape index (κ3) is 4.42. The number of rotatable bonds is 5. The first kappa shape index (κ1) is 19.3. The van der Waals surface area contributed by atoms with E-state index in [1.54, 1.807) is 0 Å². The summed E-state index contributed by atoms with van der Waals surface area (Å²) >= 11 is 0. The smallest absolute Gasteiger partial charge is 0.236 e. The number of piperidine rings is 2. The number of carbonyl (C=O) groups excluding carboxylic acids is 1. The molecule has 0 radical (unpaired) electrons. The second kappa shape index (κ2) is 8.46. The van der Waals surface area contributed by atoms with Gasteiger partial charge in [0.25, 0.3) is 0 Å². The molecule has 1 unspecified atom stereocenters. The molecule has 0 saturated carbocycles. The first-order valence-electron chi connectivity index (χ1n) is 9.67. The minimum atomic E-state index is 0.177. The Hall–Kier alpha value is -1.50. The summed E-state index contributed by atoms with van der Waals surface area (Å²) < 4.78 is 0. The number of aliphatic hydroxyl groups is 1. The lowest BCUT2D eigenvalue weighted by Gasteiger charge is -2.51. The van der Waals surface area contributed by atoms with E-state index in [4.69, 9.17) is 0 Å². The number of aliphatic hydroxyl groups excluding tert-OH is 1. The van der Waals surface area contributed by atoms with Crippen molar-refractivity contribution in [2.45, 2.75) is 25.8 Å². The van der Waals surface area contributed by atoms with Crippen molar-refractivity contribution in [2.24, 2.45) is 11.3 Å². The van der Waals surface area contributed by atoms with Crippen molar-refractivity contribution in [2.75, 3.05) is 53.4 Å². The first-order valence-corrected chi connectivity index (χ1v) is 9.67. The Balaban J connectivity index is 1.56. The molecule has 6 nitrogen and oxygen atoms in total. The normalized spacial score (nSPS) is 23.5. The second-order valence-corrected chi connectivity index (χ2v) is 8.20. The molecule has 1 N–H and O–H groups in total. The number of likely N-dealkylation sites (N-methyl/N-ethyl adjacent to an activating group) is 1. The van der Waals surface area contributed by atoms with Gasteiger partial charge in [-0.1, -0.05) is 0 Å². The maximum Gasteiger partial charge on any atom is 0.236 e. The van der Waals surface area contributed by atoms with Crippen LogP contribution in [0.2, 0.25) is 0 Å². The van der Waals surface area contributed by atoms with Crippen molar-refractivity contribution in [3.8, 4) is 0 Å². The molecular weight excluding hydrogens is 328 g/mol. The number of amides is 1. The van der Waals surface area contributed by atoms with Crippen molar-refractivity contribution < 1.29 is 9.90 Å². The first-order chi connectivity index (χ1) is 12.5. The molecule has 26 heavy (non-hydrogen) atoms. The Morgan fingerprint density at radius 2 is 1.88 bits per heavy atom. The van der Waals surface area contributed by atoms with E-state index in [-0.39, 0.29) is 23.8 Å². The number of nitrogens with zero attached hydrogens (tertiary/aromatic N) is 4. The summed E-state index contributed by atoms with van der Waals surface area (Å²) in [6.45, 7) is 5.24. The van der Waals surface area contributed by atoms with E-state index in [0.29, 0.717) is 13.1 Å². The zero-order valence-electron chi connectivity index (χ0n) is 16.1. The molecule has 2 aliphatic rings. The van der Waals surface area contributed by atoms with E-state index in [1.165, 1.54) is 5.56 Å². The molecule has 2 aliphatic heterocycles. The van der Waals surface area contributed by atoms with Gasteiger partial charge < -0.3 is 14.9 Å². The molecule has 0 bridgehead atoms. The van der Waals surface area contributed by atoms with Crippen LogP contribution in [0.5, 0.6) is 0 Å². The van der Waals surface area contributed by atoms with Crippen LogP contribution >= 0.6 is 0 Å². The fourth-order valence-corrected chi connectivity index (χ4v) is 4.52. The van der Waals surface area contributed by atoms with Gasteiger partial charge in [-0.2, -0.15) is 0 Å². The molecule has 2 saturated heterocycles. The van der Waals surface area contributed by atoms with Gasteiger partial charge in [-0.05, 0) is 69.6 Å². The lowest BCUT2D eigenvalue weighted by atomic mass is 9.64. The van der Waals surface area contributed by atoms with Crippen LogP contribution < -0.4 is 0 Å². The molecule has 0 aromatic carbocycles. The van der Waals surface area contributed by atoms with Crippen LogP contribution in [0.3, 0.4) is 0 Å². The fourth-order valence-electron chi connectivity index (χ4n) is 4.52. The molecule has 1 spiro atoms. The third-order valence-electron chi connectivity index (χ3n) is 6.22. The molecule has 1 atom stereocenters. The van der Waals surface area contributed by atoms with E-state index >= 15 is 0 Å². The van der Waals surface area contributed by atoms with Gasteiger partial charge in [-0.15, -0.1) is 0 Å². The highest BCUT2D eigenvalue weighted by atomic mass is 16.3. The fraction of sp³-hybridized carbons (Fsp3) is 0.700. The Morgan fingerprint density at radius 3 is 2.50 bits per heavy atom. The van der Waals surface area contributed by atoms with Crippen LogP contribution in [0.15, 0.2) is 24.5 Å². The summed E-state index contributed by atoms with van der Waals surface area (Å²) in [5.74, 6) is 0.379. The Bertz CT molecular complexity index is 585. The molecule has 3 heterocycles. The minimum Gasteiger partial charge on any atom is -0.396 e. The topological polar surface area (TPSA) is 59.9 Å². The molecule has 3 rings (SSSR count). The van der Waals surface area contributed by atoms with E-state index in [9.17, 15) is 9.90 Å². The average molecular weight is 361 g/mol. The van der Waals surface area contributed by atoms with Crippen LogP contribution in [0.1, 0.15) is 24.8 Å². The van der Waals surface area contributed by atoms with Gasteiger partial charge in [-0.25, -0.2) is 0 Å². The standard InChI is InChI=1S/C20H32N4O2/c1-22(2)15-19(26)24-12-7-20(18(14-24)16-25)5-10-23(11-6-20)13-17-3-8-21-9-4-17/h3-4,8-9,18,25H,5-7,10-16H2,1-2H3. The van der Waals surface area contributed by atoms with Crippen LogP contribution in [0.4, 0.5) is 0 Å². The van der Waals surface area contributed by atoms with Crippen LogP contribution in [0.25, 0.3) is 0 Å². The van der Waals surface area contributed by atoms with Gasteiger partial charge in [0, 0.05) is 44.6 Å². The number of carbonyl (C=O) groups is 1. The highest BCUT2D eigenvalue weighted by Crippen LogP contribution is 2.45. The molecule has 0 aliphatic carbocycles. The van der Waals surface area contributed by atoms with Gasteiger partial charge in [0.1, 0.15) is 0 Å². The molecular formula is C20H32N4O2. The molecule has 1 aromatic rings. The second-order valence-electron chi connectivity index (χ2n) is 8.20. The Kier molecular flexibility index (Phi) is 6.27. The van der Waals surface area contributed by atoms with Crippen LogP contribution in [0, 0.1) is 11.3 Å². The van der Waals surface area contributed by atoms with Gasteiger partial charge >= 0.3 is 0 Å². The van der Waals surface area contributed by atoms with Crippen molar-refractivity contribution >= 4 is 5.91 Å². The van der Waals surface area contributed by atoms with Crippen LogP contribution in [-0.2, 0) is 11.3 Å². The summed E-state index contributed by atoms with van der Waals surface area (Å²) in [5, 5.41) is 10.0. The summed E-state index contributed by atoms with van der Waals surface area (Å²) in [6, 6.07) is 4.16. The van der Waals surface area contributed by atoms with Gasteiger partial charge in [-0.3, -0.25) is 14.7 Å². The van der Waals surface area contributed by atoms with Gasteiger partial charge in [0.15, 0.2) is 0 Å². The maximum atomic E-state index is 12.4. The predicted molar refractivity (Wildman–Crippen MR) is 102 cm³/mol. The molecule has 144 valence electrons. The monoisotopic (exact) mass is 360 g/mol. The lowest BCUT2D eigenvalue weighted by molar-refractivity contribution is -0.138. The maximum absolute atomic E-state index is 12.4. The highest BCUT2D eigenvalue weighted by molar-refractivity contribution is 5.78. The largest absolute Gasteiger partial charge is 0.396 e. The lowest BCUT2D eigenvalue weighted by Crippen LogP contribution is -2.55. The zero-order chi connectivity index (χ0) is 18.6. The summed E-state index contributed by atoms with van der Waals surface area (Å²) in [4.78, 5) is 22.8. The third-order valence-corrected chi connectivity index (χ3v) is 6.22. The van der Waals surface area contributed by atoms with Crippen molar-refractivity contribution in [3.05, 3.63) is 30.1 Å². The van der Waals surface area contributed by atoms with Crippen molar-refractivity contribution in [3.63, 3.8) is 0 Å². The average Bonchev–Trinajstić information content (AvgIpc) is 2.64. The van der Waals surface area contributed by atoms with E-state index in [0.717, 1.165) is 45.4 Å². The van der Waals surface area contributed by atoms with Gasteiger partial charge in [0.2, 0.25) is 5.91 Å². The number of likely N-dealkylation sites (tertiary alicyclic amines) is 2.